The van der Waals surface area contributed by atoms with Crippen molar-refractivity contribution in [3.05, 3.63) is 53.1 Å². The van der Waals surface area contributed by atoms with Crippen LogP contribution in [-0.2, 0) is 6.42 Å². The second-order valence-electron chi connectivity index (χ2n) is 6.74. The minimum atomic E-state index is 0.501. The number of nitriles is 1. The molecule has 0 aliphatic carbocycles. The monoisotopic (exact) mass is 330 g/mol. The number of nitrogens with zero attached hydrogens (tertiary/aromatic N) is 2. The van der Waals surface area contributed by atoms with E-state index in [2.05, 4.69) is 39.9 Å². The first-order chi connectivity index (χ1) is 12.3. The van der Waals surface area contributed by atoms with Gasteiger partial charge in [-0.15, -0.1) is 0 Å². The quantitative estimate of drug-likeness (QED) is 0.907. The Morgan fingerprint density at radius 1 is 1.12 bits per heavy atom. The molecule has 2 heterocycles. The summed E-state index contributed by atoms with van der Waals surface area (Å²) in [5, 5.41) is 16.4. The standard InChI is InChI=1S/C21H22N4/c22-13-15-2-1-3-16(10-15)18-11-17-4-7-24-14-20(17)21(12-18)25-19-5-8-23-9-6-19/h1-3,10-12,14,19,23,25H,4-9H2. The highest BCUT2D eigenvalue weighted by Crippen LogP contribution is 2.31. The first-order valence-corrected chi connectivity index (χ1v) is 8.98. The van der Waals surface area contributed by atoms with E-state index in [0.29, 0.717) is 11.6 Å². The summed E-state index contributed by atoms with van der Waals surface area (Å²) in [4.78, 5) is 4.48. The van der Waals surface area contributed by atoms with Gasteiger partial charge >= 0.3 is 0 Å². The second-order valence-corrected chi connectivity index (χ2v) is 6.74. The summed E-state index contributed by atoms with van der Waals surface area (Å²) in [5.41, 5.74) is 6.70. The van der Waals surface area contributed by atoms with Crippen LogP contribution in [0.5, 0.6) is 0 Å². The Morgan fingerprint density at radius 2 is 2.00 bits per heavy atom. The zero-order valence-electron chi connectivity index (χ0n) is 14.3. The van der Waals surface area contributed by atoms with Crippen molar-refractivity contribution in [3.8, 4) is 17.2 Å². The largest absolute Gasteiger partial charge is 0.382 e. The maximum absolute atomic E-state index is 9.19. The average molecular weight is 330 g/mol. The molecule has 0 amide bonds. The minimum absolute atomic E-state index is 0.501. The molecule has 0 unspecified atom stereocenters. The first kappa shape index (κ1) is 15.9. The fraction of sp³-hybridized carbons (Fsp3) is 0.333. The Bertz CT molecular complexity index is 841. The van der Waals surface area contributed by atoms with Gasteiger partial charge in [0.25, 0.3) is 0 Å². The van der Waals surface area contributed by atoms with Crippen LogP contribution in [0.4, 0.5) is 5.69 Å². The molecule has 0 radical (unpaired) electrons. The molecule has 25 heavy (non-hydrogen) atoms. The molecule has 126 valence electrons. The lowest BCUT2D eigenvalue weighted by atomic mass is 9.93. The molecule has 0 saturated carbocycles. The maximum Gasteiger partial charge on any atom is 0.0991 e. The number of hydrogen-bond acceptors (Lipinski definition) is 4. The summed E-state index contributed by atoms with van der Waals surface area (Å²) >= 11 is 0. The van der Waals surface area contributed by atoms with E-state index in [1.807, 2.05) is 24.4 Å². The lowest BCUT2D eigenvalue weighted by Crippen LogP contribution is -2.35. The third kappa shape index (κ3) is 3.42. The summed E-state index contributed by atoms with van der Waals surface area (Å²) in [7, 11) is 0. The van der Waals surface area contributed by atoms with E-state index in [1.54, 1.807) is 0 Å². The van der Waals surface area contributed by atoms with Crippen molar-refractivity contribution in [2.24, 2.45) is 4.99 Å². The van der Waals surface area contributed by atoms with Crippen LogP contribution in [0.3, 0.4) is 0 Å². The summed E-state index contributed by atoms with van der Waals surface area (Å²) in [6.07, 6.45) is 5.26. The number of nitrogens with one attached hydrogen (secondary N) is 2. The molecular formula is C21H22N4. The van der Waals surface area contributed by atoms with E-state index in [-0.39, 0.29) is 0 Å². The number of benzene rings is 2. The predicted molar refractivity (Wildman–Crippen MR) is 102 cm³/mol. The number of anilines is 1. The second kappa shape index (κ2) is 7.08. The normalized spacial score (nSPS) is 16.9. The summed E-state index contributed by atoms with van der Waals surface area (Å²) in [6.45, 7) is 2.98. The van der Waals surface area contributed by atoms with Crippen LogP contribution in [0.25, 0.3) is 11.1 Å². The maximum atomic E-state index is 9.19. The molecule has 0 bridgehead atoms. The van der Waals surface area contributed by atoms with Gasteiger partial charge in [-0.2, -0.15) is 5.26 Å². The highest BCUT2D eigenvalue weighted by Gasteiger charge is 2.18. The number of piperidine rings is 1. The van der Waals surface area contributed by atoms with Crippen LogP contribution in [0.2, 0.25) is 0 Å². The van der Waals surface area contributed by atoms with Gasteiger partial charge in [0.1, 0.15) is 0 Å². The van der Waals surface area contributed by atoms with Crippen LogP contribution >= 0.6 is 0 Å². The van der Waals surface area contributed by atoms with Gasteiger partial charge in [-0.1, -0.05) is 18.2 Å². The highest BCUT2D eigenvalue weighted by atomic mass is 15.0. The lowest BCUT2D eigenvalue weighted by Gasteiger charge is -2.27. The van der Waals surface area contributed by atoms with E-state index < -0.39 is 0 Å². The number of fused-ring (bicyclic) bond motifs is 1. The average Bonchev–Trinajstić information content (AvgIpc) is 2.69. The Morgan fingerprint density at radius 3 is 2.84 bits per heavy atom. The molecule has 2 aliphatic heterocycles. The van der Waals surface area contributed by atoms with Crippen molar-refractivity contribution in [2.75, 3.05) is 25.0 Å². The minimum Gasteiger partial charge on any atom is -0.382 e. The molecule has 2 aromatic rings. The Balaban J connectivity index is 1.74. The van der Waals surface area contributed by atoms with Crippen LogP contribution in [0.1, 0.15) is 29.5 Å². The Kier molecular flexibility index (Phi) is 4.49. The molecule has 0 spiro atoms. The molecule has 1 saturated heterocycles. The van der Waals surface area contributed by atoms with Gasteiger partial charge in [0, 0.05) is 30.1 Å². The zero-order valence-corrected chi connectivity index (χ0v) is 14.3. The topological polar surface area (TPSA) is 60.2 Å². The fourth-order valence-electron chi connectivity index (χ4n) is 3.65. The highest BCUT2D eigenvalue weighted by molar-refractivity contribution is 5.93. The van der Waals surface area contributed by atoms with Crippen molar-refractivity contribution in [1.29, 1.82) is 5.26 Å². The molecule has 1 fully saturated rings. The van der Waals surface area contributed by atoms with Crippen molar-refractivity contribution in [3.63, 3.8) is 0 Å². The zero-order chi connectivity index (χ0) is 17.1. The Hall–Kier alpha value is -2.64. The van der Waals surface area contributed by atoms with E-state index >= 15 is 0 Å². The van der Waals surface area contributed by atoms with Crippen LogP contribution in [0, 0.1) is 11.3 Å². The molecule has 2 N–H and O–H groups in total. The van der Waals surface area contributed by atoms with E-state index in [1.165, 1.54) is 22.4 Å². The number of hydrogen-bond donors (Lipinski definition) is 2. The molecule has 0 atom stereocenters. The third-order valence-electron chi connectivity index (χ3n) is 5.02. The lowest BCUT2D eigenvalue weighted by molar-refractivity contribution is 0.479. The van der Waals surface area contributed by atoms with Crippen LogP contribution in [-0.4, -0.2) is 31.9 Å². The van der Waals surface area contributed by atoms with E-state index in [9.17, 15) is 5.26 Å². The number of aliphatic imine (C=N–C) groups is 1. The van der Waals surface area contributed by atoms with Crippen LogP contribution in [0.15, 0.2) is 41.4 Å². The van der Waals surface area contributed by atoms with Crippen molar-refractivity contribution >= 4 is 11.9 Å². The van der Waals surface area contributed by atoms with E-state index in [4.69, 9.17) is 0 Å². The van der Waals surface area contributed by atoms with Gasteiger partial charge in [0.05, 0.1) is 11.6 Å². The fourth-order valence-corrected chi connectivity index (χ4v) is 3.65. The molecule has 2 aromatic carbocycles. The van der Waals surface area contributed by atoms with Crippen molar-refractivity contribution in [2.45, 2.75) is 25.3 Å². The number of rotatable bonds is 3. The molecule has 4 rings (SSSR count). The molecule has 4 nitrogen and oxygen atoms in total. The van der Waals surface area contributed by atoms with E-state index in [0.717, 1.165) is 44.5 Å². The predicted octanol–water partition coefficient (Wildman–Crippen LogP) is 3.36. The first-order valence-electron chi connectivity index (χ1n) is 8.98. The third-order valence-corrected chi connectivity index (χ3v) is 5.02. The molecule has 0 aromatic heterocycles. The summed E-state index contributed by atoms with van der Waals surface area (Å²) in [5.74, 6) is 0. The van der Waals surface area contributed by atoms with Crippen molar-refractivity contribution in [1.82, 2.24) is 5.32 Å². The van der Waals surface area contributed by atoms with Gasteiger partial charge in [-0.25, -0.2) is 0 Å². The van der Waals surface area contributed by atoms with Crippen LogP contribution < -0.4 is 10.6 Å². The van der Waals surface area contributed by atoms with Gasteiger partial charge in [-0.3, -0.25) is 4.99 Å². The van der Waals surface area contributed by atoms with Crippen molar-refractivity contribution < 1.29 is 0 Å². The Labute approximate surface area is 148 Å². The van der Waals surface area contributed by atoms with Gasteiger partial charge in [0.15, 0.2) is 0 Å². The summed E-state index contributed by atoms with van der Waals surface area (Å²) < 4.78 is 0. The van der Waals surface area contributed by atoms with Gasteiger partial charge in [-0.05, 0) is 67.2 Å². The molecule has 4 heteroatoms. The summed E-state index contributed by atoms with van der Waals surface area (Å²) in [6, 6.07) is 15.1. The molecule has 2 aliphatic rings. The van der Waals surface area contributed by atoms with Gasteiger partial charge < -0.3 is 10.6 Å². The smallest absolute Gasteiger partial charge is 0.0991 e. The van der Waals surface area contributed by atoms with Gasteiger partial charge in [0.2, 0.25) is 0 Å². The molecular weight excluding hydrogens is 308 g/mol. The SMILES string of the molecule is N#Cc1cccc(-c2cc3c(c(NC4CCNCC4)c2)C=NCC3)c1.